The number of alkyl halides is 3. The summed E-state index contributed by atoms with van der Waals surface area (Å²) in [6.07, 6.45) is -2.06. The van der Waals surface area contributed by atoms with E-state index in [2.05, 4.69) is 29.1 Å². The standard InChI is InChI=1S/C22H28F3N5O2/c1-15(2)7-8-26-19(31)18-14-27-21(28-20(18)32-3)30-11-9-29(10-12-30)17-6-4-5-16(13-17)22(23,24)25/h4-6,13-15H,7-12H2,1-3H3,(H,26,31). The van der Waals surface area contributed by atoms with Gasteiger partial charge in [0, 0.05) is 44.6 Å². The van der Waals surface area contributed by atoms with Crippen LogP contribution in [-0.4, -0.2) is 55.7 Å². The molecule has 0 saturated carbocycles. The first kappa shape index (κ1) is 23.6. The van der Waals surface area contributed by atoms with Crippen LogP contribution in [-0.2, 0) is 6.18 Å². The summed E-state index contributed by atoms with van der Waals surface area (Å²) in [5.74, 6) is 0.801. The first-order chi connectivity index (χ1) is 15.2. The van der Waals surface area contributed by atoms with Crippen molar-refractivity contribution >= 4 is 17.5 Å². The maximum absolute atomic E-state index is 13.0. The van der Waals surface area contributed by atoms with Crippen LogP contribution < -0.4 is 19.9 Å². The number of carbonyl (C=O) groups is 1. The number of benzene rings is 1. The fourth-order valence-corrected chi connectivity index (χ4v) is 3.43. The summed E-state index contributed by atoms with van der Waals surface area (Å²) in [6.45, 7) is 6.81. The lowest BCUT2D eigenvalue weighted by atomic mass is 10.1. The third-order valence-electron chi connectivity index (χ3n) is 5.29. The Morgan fingerprint density at radius 3 is 2.50 bits per heavy atom. The summed E-state index contributed by atoms with van der Waals surface area (Å²) in [6, 6.07) is 5.34. The van der Waals surface area contributed by atoms with E-state index in [0.29, 0.717) is 50.3 Å². The molecule has 1 fully saturated rings. The Labute approximate surface area is 185 Å². The number of hydrogen-bond donors (Lipinski definition) is 1. The van der Waals surface area contributed by atoms with Crippen molar-refractivity contribution in [3.05, 3.63) is 41.6 Å². The number of piperazine rings is 1. The number of rotatable bonds is 7. The number of hydrogen-bond acceptors (Lipinski definition) is 6. The topological polar surface area (TPSA) is 70.6 Å². The predicted molar refractivity (Wildman–Crippen MR) is 116 cm³/mol. The minimum absolute atomic E-state index is 0.192. The van der Waals surface area contributed by atoms with E-state index >= 15 is 0 Å². The molecule has 0 unspecified atom stereocenters. The molecule has 1 aliphatic heterocycles. The van der Waals surface area contributed by atoms with Gasteiger partial charge in [-0.1, -0.05) is 19.9 Å². The first-order valence-electron chi connectivity index (χ1n) is 10.6. The summed E-state index contributed by atoms with van der Waals surface area (Å²) in [4.78, 5) is 25.0. The minimum Gasteiger partial charge on any atom is -0.480 e. The van der Waals surface area contributed by atoms with Gasteiger partial charge in [0.2, 0.25) is 11.8 Å². The molecule has 1 aromatic heterocycles. The predicted octanol–water partition coefficient (Wildman–Crippen LogP) is 3.61. The van der Waals surface area contributed by atoms with Crippen LogP contribution in [0.2, 0.25) is 0 Å². The summed E-state index contributed by atoms with van der Waals surface area (Å²) >= 11 is 0. The zero-order valence-electron chi connectivity index (χ0n) is 18.4. The number of carbonyl (C=O) groups excluding carboxylic acids is 1. The van der Waals surface area contributed by atoms with Crippen molar-refractivity contribution in [1.82, 2.24) is 15.3 Å². The largest absolute Gasteiger partial charge is 0.480 e. The summed E-state index contributed by atoms with van der Waals surface area (Å²) in [5, 5.41) is 2.84. The van der Waals surface area contributed by atoms with Crippen LogP contribution in [0.25, 0.3) is 0 Å². The van der Waals surface area contributed by atoms with Gasteiger partial charge in [-0.2, -0.15) is 18.2 Å². The monoisotopic (exact) mass is 451 g/mol. The van der Waals surface area contributed by atoms with Gasteiger partial charge in [0.15, 0.2) is 0 Å². The molecule has 0 bridgehead atoms. The Balaban J connectivity index is 1.65. The van der Waals surface area contributed by atoms with Crippen LogP contribution in [0.1, 0.15) is 36.2 Å². The molecule has 2 heterocycles. The molecule has 7 nitrogen and oxygen atoms in total. The molecule has 3 rings (SSSR count). The molecular weight excluding hydrogens is 423 g/mol. The Hall–Kier alpha value is -3.04. The highest BCUT2D eigenvalue weighted by atomic mass is 19.4. The van der Waals surface area contributed by atoms with Crippen molar-refractivity contribution in [3.8, 4) is 5.88 Å². The van der Waals surface area contributed by atoms with Crippen LogP contribution in [0.4, 0.5) is 24.8 Å². The van der Waals surface area contributed by atoms with E-state index in [1.54, 1.807) is 6.07 Å². The van der Waals surface area contributed by atoms with Crippen molar-refractivity contribution in [3.63, 3.8) is 0 Å². The number of nitrogens with zero attached hydrogens (tertiary/aromatic N) is 4. The quantitative estimate of drug-likeness (QED) is 0.694. The lowest BCUT2D eigenvalue weighted by Gasteiger charge is -2.36. The Morgan fingerprint density at radius 2 is 1.88 bits per heavy atom. The van der Waals surface area contributed by atoms with E-state index in [9.17, 15) is 18.0 Å². The van der Waals surface area contributed by atoms with E-state index in [4.69, 9.17) is 4.74 Å². The molecule has 0 atom stereocenters. The van der Waals surface area contributed by atoms with Gasteiger partial charge in [0.05, 0.1) is 12.7 Å². The second-order valence-electron chi connectivity index (χ2n) is 8.05. The maximum Gasteiger partial charge on any atom is 0.416 e. The van der Waals surface area contributed by atoms with Crippen LogP contribution in [0.5, 0.6) is 5.88 Å². The molecule has 10 heteroatoms. The number of halogens is 3. The van der Waals surface area contributed by atoms with Gasteiger partial charge in [-0.3, -0.25) is 4.79 Å². The highest BCUT2D eigenvalue weighted by Gasteiger charge is 2.31. The molecule has 1 amide bonds. The third-order valence-corrected chi connectivity index (χ3v) is 5.29. The lowest BCUT2D eigenvalue weighted by Crippen LogP contribution is -2.47. The average molecular weight is 451 g/mol. The summed E-state index contributed by atoms with van der Waals surface area (Å²) in [7, 11) is 1.45. The third kappa shape index (κ3) is 5.80. The number of amides is 1. The van der Waals surface area contributed by atoms with Crippen LogP contribution in [0.15, 0.2) is 30.5 Å². The summed E-state index contributed by atoms with van der Waals surface area (Å²) in [5.41, 5.74) is 0.141. The fraction of sp³-hybridized carbons (Fsp3) is 0.500. The number of ether oxygens (including phenoxy) is 1. The highest BCUT2D eigenvalue weighted by molar-refractivity contribution is 5.96. The molecule has 0 spiro atoms. The first-order valence-corrected chi connectivity index (χ1v) is 10.6. The van der Waals surface area contributed by atoms with E-state index in [-0.39, 0.29) is 17.4 Å². The fourth-order valence-electron chi connectivity index (χ4n) is 3.43. The van der Waals surface area contributed by atoms with E-state index < -0.39 is 11.7 Å². The smallest absolute Gasteiger partial charge is 0.416 e. The molecule has 2 aromatic rings. The Bertz CT molecular complexity index is 928. The Kier molecular flexibility index (Phi) is 7.42. The van der Waals surface area contributed by atoms with Crippen molar-refractivity contribution < 1.29 is 22.7 Å². The number of methoxy groups -OCH3 is 1. The van der Waals surface area contributed by atoms with Crippen LogP contribution in [0, 0.1) is 5.92 Å². The second-order valence-corrected chi connectivity index (χ2v) is 8.05. The highest BCUT2D eigenvalue weighted by Crippen LogP contribution is 2.32. The minimum atomic E-state index is -4.37. The Morgan fingerprint density at radius 1 is 1.19 bits per heavy atom. The molecule has 32 heavy (non-hydrogen) atoms. The summed E-state index contributed by atoms with van der Waals surface area (Å²) < 4.78 is 44.3. The molecule has 1 saturated heterocycles. The van der Waals surface area contributed by atoms with Gasteiger partial charge in [0.25, 0.3) is 5.91 Å². The molecule has 0 aliphatic carbocycles. The van der Waals surface area contributed by atoms with Crippen molar-refractivity contribution in [2.45, 2.75) is 26.4 Å². The van der Waals surface area contributed by atoms with Gasteiger partial charge in [-0.05, 0) is 30.5 Å². The SMILES string of the molecule is COc1nc(N2CCN(c3cccc(C(F)(F)F)c3)CC2)ncc1C(=O)NCCC(C)C. The van der Waals surface area contributed by atoms with Crippen molar-refractivity contribution in [1.29, 1.82) is 0 Å². The molecule has 1 aliphatic rings. The van der Waals surface area contributed by atoms with Gasteiger partial charge in [-0.25, -0.2) is 4.98 Å². The van der Waals surface area contributed by atoms with E-state index in [1.165, 1.54) is 25.4 Å². The van der Waals surface area contributed by atoms with Crippen molar-refractivity contribution in [2.75, 3.05) is 49.6 Å². The number of aromatic nitrogens is 2. The molecule has 0 radical (unpaired) electrons. The van der Waals surface area contributed by atoms with Gasteiger partial charge >= 0.3 is 6.18 Å². The average Bonchev–Trinajstić information content (AvgIpc) is 2.78. The van der Waals surface area contributed by atoms with Gasteiger partial charge in [-0.15, -0.1) is 0 Å². The van der Waals surface area contributed by atoms with Crippen LogP contribution >= 0.6 is 0 Å². The van der Waals surface area contributed by atoms with Gasteiger partial charge in [0.1, 0.15) is 5.56 Å². The molecular formula is C22H28F3N5O2. The van der Waals surface area contributed by atoms with E-state index in [0.717, 1.165) is 12.5 Å². The van der Waals surface area contributed by atoms with Crippen LogP contribution in [0.3, 0.4) is 0 Å². The molecule has 1 aromatic carbocycles. The normalized spacial score (nSPS) is 14.6. The lowest BCUT2D eigenvalue weighted by molar-refractivity contribution is -0.137. The van der Waals surface area contributed by atoms with Gasteiger partial charge < -0.3 is 19.9 Å². The number of anilines is 2. The van der Waals surface area contributed by atoms with E-state index in [1.807, 2.05) is 9.80 Å². The van der Waals surface area contributed by atoms with Crippen molar-refractivity contribution in [2.24, 2.45) is 5.92 Å². The molecule has 1 N–H and O–H groups in total. The zero-order chi connectivity index (χ0) is 23.3. The maximum atomic E-state index is 13.0. The second kappa shape index (κ2) is 10.1. The molecule has 174 valence electrons. The zero-order valence-corrected chi connectivity index (χ0v) is 18.4. The number of nitrogens with one attached hydrogen (secondary N) is 1.